The van der Waals surface area contributed by atoms with Crippen LogP contribution in [0.2, 0.25) is 5.02 Å². The Morgan fingerprint density at radius 3 is 2.82 bits per heavy atom. The number of amides is 1. The number of nitrogens with two attached hydrogens (primary N) is 1. The standard InChI is InChI=1S/C17H23ClN2O2/c18-15-3-1-2-14(10-15)17(5-8-22-9-6-17)16(21)20-7-4-13(11-19)12-20/h1-3,10,13H,4-9,11-12,19H2/t13-/m1/s1. The van der Waals surface area contributed by atoms with Gasteiger partial charge in [-0.3, -0.25) is 4.79 Å². The molecule has 0 aliphatic carbocycles. The van der Waals surface area contributed by atoms with E-state index in [4.69, 9.17) is 22.1 Å². The van der Waals surface area contributed by atoms with E-state index in [1.807, 2.05) is 29.2 Å². The SMILES string of the molecule is NC[C@H]1CCN(C(=O)C2(c3cccc(Cl)c3)CCOCC2)C1. The fourth-order valence-corrected chi connectivity index (χ4v) is 3.83. The first-order chi connectivity index (χ1) is 10.7. The second-order valence-electron chi connectivity index (χ2n) is 6.35. The van der Waals surface area contributed by atoms with Gasteiger partial charge >= 0.3 is 0 Å². The van der Waals surface area contributed by atoms with Crippen molar-refractivity contribution in [2.45, 2.75) is 24.7 Å². The number of carbonyl (C=O) groups is 1. The van der Waals surface area contributed by atoms with Crippen molar-refractivity contribution >= 4 is 17.5 Å². The van der Waals surface area contributed by atoms with Crippen LogP contribution in [0.1, 0.15) is 24.8 Å². The second-order valence-corrected chi connectivity index (χ2v) is 6.78. The van der Waals surface area contributed by atoms with Gasteiger partial charge in [-0.15, -0.1) is 0 Å². The van der Waals surface area contributed by atoms with Crippen LogP contribution in [0.4, 0.5) is 0 Å². The molecule has 1 aromatic carbocycles. The van der Waals surface area contributed by atoms with Crippen LogP contribution in [-0.4, -0.2) is 43.7 Å². The molecule has 22 heavy (non-hydrogen) atoms. The van der Waals surface area contributed by atoms with Crippen LogP contribution in [-0.2, 0) is 14.9 Å². The summed E-state index contributed by atoms with van der Waals surface area (Å²) >= 11 is 6.16. The predicted molar refractivity (Wildman–Crippen MR) is 86.9 cm³/mol. The van der Waals surface area contributed by atoms with E-state index >= 15 is 0 Å². The van der Waals surface area contributed by atoms with Gasteiger partial charge in [0.15, 0.2) is 0 Å². The number of carbonyl (C=O) groups excluding carboxylic acids is 1. The highest BCUT2D eigenvalue weighted by atomic mass is 35.5. The van der Waals surface area contributed by atoms with Crippen molar-refractivity contribution in [2.75, 3.05) is 32.8 Å². The van der Waals surface area contributed by atoms with Gasteiger partial charge in [-0.1, -0.05) is 23.7 Å². The van der Waals surface area contributed by atoms with E-state index in [1.54, 1.807) is 0 Å². The molecule has 2 aliphatic rings. The molecule has 0 saturated carbocycles. The summed E-state index contributed by atoms with van der Waals surface area (Å²) in [6, 6.07) is 7.73. The molecule has 0 bridgehead atoms. The largest absolute Gasteiger partial charge is 0.381 e. The lowest BCUT2D eigenvalue weighted by atomic mass is 9.73. The molecule has 5 heteroatoms. The van der Waals surface area contributed by atoms with E-state index in [0.29, 0.717) is 30.7 Å². The van der Waals surface area contributed by atoms with Crippen LogP contribution >= 0.6 is 11.6 Å². The van der Waals surface area contributed by atoms with Gasteiger partial charge in [0.1, 0.15) is 0 Å². The smallest absolute Gasteiger partial charge is 0.233 e. The molecular formula is C17H23ClN2O2. The van der Waals surface area contributed by atoms with Crippen molar-refractivity contribution < 1.29 is 9.53 Å². The minimum absolute atomic E-state index is 0.217. The topological polar surface area (TPSA) is 55.6 Å². The van der Waals surface area contributed by atoms with Crippen LogP contribution < -0.4 is 5.73 Å². The van der Waals surface area contributed by atoms with Gasteiger partial charge in [0.05, 0.1) is 5.41 Å². The summed E-state index contributed by atoms with van der Waals surface area (Å²) < 4.78 is 5.51. The van der Waals surface area contributed by atoms with E-state index < -0.39 is 5.41 Å². The Morgan fingerprint density at radius 2 is 2.18 bits per heavy atom. The summed E-state index contributed by atoms with van der Waals surface area (Å²) in [4.78, 5) is 15.3. The molecule has 2 heterocycles. The lowest BCUT2D eigenvalue weighted by Gasteiger charge is -2.39. The molecule has 4 nitrogen and oxygen atoms in total. The summed E-state index contributed by atoms with van der Waals surface area (Å²) in [5.74, 6) is 0.647. The first-order valence-electron chi connectivity index (χ1n) is 7.99. The molecule has 0 unspecified atom stereocenters. The van der Waals surface area contributed by atoms with Gasteiger partial charge in [-0.2, -0.15) is 0 Å². The van der Waals surface area contributed by atoms with Crippen LogP contribution in [0.5, 0.6) is 0 Å². The Labute approximate surface area is 136 Å². The lowest BCUT2D eigenvalue weighted by Crippen LogP contribution is -2.49. The molecule has 120 valence electrons. The molecule has 2 saturated heterocycles. The molecular weight excluding hydrogens is 300 g/mol. The van der Waals surface area contributed by atoms with Gasteiger partial charge in [0.2, 0.25) is 5.91 Å². The molecule has 1 aromatic rings. The molecule has 1 atom stereocenters. The highest BCUT2D eigenvalue weighted by molar-refractivity contribution is 6.30. The van der Waals surface area contributed by atoms with E-state index in [1.165, 1.54) is 0 Å². The Morgan fingerprint density at radius 1 is 1.41 bits per heavy atom. The molecule has 0 spiro atoms. The maximum absolute atomic E-state index is 13.3. The highest BCUT2D eigenvalue weighted by Gasteiger charge is 2.45. The Bertz CT molecular complexity index is 543. The molecule has 3 rings (SSSR count). The molecule has 2 aliphatic heterocycles. The summed E-state index contributed by atoms with van der Waals surface area (Å²) in [6.07, 6.45) is 2.44. The van der Waals surface area contributed by atoms with Crippen LogP contribution in [0.3, 0.4) is 0 Å². The summed E-state index contributed by atoms with van der Waals surface area (Å²) in [5, 5.41) is 0.678. The lowest BCUT2D eigenvalue weighted by molar-refractivity contribution is -0.140. The summed E-state index contributed by atoms with van der Waals surface area (Å²) in [6.45, 7) is 3.47. The number of hydrogen-bond donors (Lipinski definition) is 1. The van der Waals surface area contributed by atoms with E-state index in [9.17, 15) is 4.79 Å². The van der Waals surface area contributed by atoms with Gasteiger partial charge in [0.25, 0.3) is 0 Å². The molecule has 0 aromatic heterocycles. The number of hydrogen-bond acceptors (Lipinski definition) is 3. The number of benzene rings is 1. The van der Waals surface area contributed by atoms with E-state index in [2.05, 4.69) is 0 Å². The number of halogens is 1. The number of nitrogens with zero attached hydrogens (tertiary/aromatic N) is 1. The summed E-state index contributed by atoms with van der Waals surface area (Å²) in [5.41, 5.74) is 6.29. The van der Waals surface area contributed by atoms with Crippen LogP contribution in [0.15, 0.2) is 24.3 Å². The summed E-state index contributed by atoms with van der Waals surface area (Å²) in [7, 11) is 0. The Kier molecular flexibility index (Phi) is 4.71. The molecule has 0 radical (unpaired) electrons. The maximum atomic E-state index is 13.3. The zero-order valence-corrected chi connectivity index (χ0v) is 13.5. The number of likely N-dealkylation sites (tertiary alicyclic amines) is 1. The van der Waals surface area contributed by atoms with Crippen LogP contribution in [0, 0.1) is 5.92 Å². The zero-order valence-electron chi connectivity index (χ0n) is 12.8. The Balaban J connectivity index is 1.91. The first kappa shape index (κ1) is 15.8. The van der Waals surface area contributed by atoms with Gasteiger partial charge in [0, 0.05) is 31.3 Å². The molecule has 2 N–H and O–H groups in total. The van der Waals surface area contributed by atoms with E-state index in [-0.39, 0.29) is 5.91 Å². The van der Waals surface area contributed by atoms with Crippen molar-refractivity contribution in [1.29, 1.82) is 0 Å². The van der Waals surface area contributed by atoms with Crippen molar-refractivity contribution in [3.63, 3.8) is 0 Å². The third-order valence-corrected chi connectivity index (χ3v) is 5.27. The van der Waals surface area contributed by atoms with Crippen molar-refractivity contribution in [3.05, 3.63) is 34.9 Å². The third kappa shape index (κ3) is 2.87. The van der Waals surface area contributed by atoms with Crippen molar-refractivity contribution in [3.8, 4) is 0 Å². The minimum Gasteiger partial charge on any atom is -0.381 e. The van der Waals surface area contributed by atoms with Crippen molar-refractivity contribution in [1.82, 2.24) is 4.90 Å². The highest BCUT2D eigenvalue weighted by Crippen LogP contribution is 2.38. The first-order valence-corrected chi connectivity index (χ1v) is 8.37. The number of ether oxygens (including phenoxy) is 1. The van der Waals surface area contributed by atoms with Gasteiger partial charge in [-0.25, -0.2) is 0 Å². The van der Waals surface area contributed by atoms with Gasteiger partial charge < -0.3 is 15.4 Å². The second kappa shape index (κ2) is 6.57. The quantitative estimate of drug-likeness (QED) is 0.928. The van der Waals surface area contributed by atoms with Crippen LogP contribution in [0.25, 0.3) is 0 Å². The molecule has 2 fully saturated rings. The van der Waals surface area contributed by atoms with Crippen molar-refractivity contribution in [2.24, 2.45) is 11.7 Å². The van der Waals surface area contributed by atoms with Gasteiger partial charge in [-0.05, 0) is 49.4 Å². The normalized spacial score (nSPS) is 24.5. The average Bonchev–Trinajstić information content (AvgIpc) is 3.04. The maximum Gasteiger partial charge on any atom is 0.233 e. The minimum atomic E-state index is -0.493. The van der Waals surface area contributed by atoms with E-state index in [0.717, 1.165) is 37.9 Å². The zero-order chi connectivity index (χ0) is 15.6. The fourth-order valence-electron chi connectivity index (χ4n) is 3.64. The third-order valence-electron chi connectivity index (χ3n) is 5.04. The number of rotatable bonds is 3. The monoisotopic (exact) mass is 322 g/mol. The fraction of sp³-hybridized carbons (Fsp3) is 0.588. The Hall–Kier alpha value is -1.10. The average molecular weight is 323 g/mol. The predicted octanol–water partition coefficient (Wildman–Crippen LogP) is 2.20. The molecule has 1 amide bonds.